The lowest BCUT2D eigenvalue weighted by atomic mass is 10.1. The Hall–Kier alpha value is -2.94. The van der Waals surface area contributed by atoms with Crippen LogP contribution in [0.1, 0.15) is 34.2 Å². The summed E-state index contributed by atoms with van der Waals surface area (Å²) in [4.78, 5) is 14.7. The highest BCUT2D eigenvalue weighted by Crippen LogP contribution is 2.24. The first-order valence-corrected chi connectivity index (χ1v) is 9.08. The van der Waals surface area contributed by atoms with Crippen molar-refractivity contribution in [2.75, 3.05) is 13.1 Å². The van der Waals surface area contributed by atoms with Crippen LogP contribution in [0.4, 0.5) is 0 Å². The smallest absolute Gasteiger partial charge is 0.269 e. The maximum atomic E-state index is 12.3. The van der Waals surface area contributed by atoms with E-state index in [1.54, 1.807) is 24.0 Å². The minimum atomic E-state index is -0.0984. The van der Waals surface area contributed by atoms with Gasteiger partial charge in [-0.15, -0.1) is 0 Å². The zero-order valence-corrected chi connectivity index (χ0v) is 15.6. The highest BCUT2D eigenvalue weighted by Gasteiger charge is 2.25. The van der Waals surface area contributed by atoms with Crippen molar-refractivity contribution in [3.63, 3.8) is 0 Å². The van der Waals surface area contributed by atoms with Crippen LogP contribution < -0.4 is 5.32 Å². The number of fused-ring (bicyclic) bond motifs is 1. The van der Waals surface area contributed by atoms with Crippen LogP contribution in [0, 0.1) is 0 Å². The first kappa shape index (κ1) is 17.5. The number of aryl methyl sites for hydroxylation is 2. The van der Waals surface area contributed by atoms with Crippen molar-refractivity contribution in [2.24, 2.45) is 14.1 Å². The van der Waals surface area contributed by atoms with Gasteiger partial charge in [0, 0.05) is 64.4 Å². The molecule has 0 saturated heterocycles. The third-order valence-corrected chi connectivity index (χ3v) is 4.93. The standard InChI is InChI=1S/C18H24N8O/c1-23-10-14(9-22-23)11-25-12-15(26-16(13-25)4-7-21-26)3-6-19-18(27)17-5-8-20-24(17)2/h4-5,7-10,15H,3,6,11-13H2,1-2H3,(H,19,27)/t15-/m0/s1. The number of hydrogen-bond acceptors (Lipinski definition) is 5. The van der Waals surface area contributed by atoms with Gasteiger partial charge in [-0.2, -0.15) is 15.3 Å². The summed E-state index contributed by atoms with van der Waals surface area (Å²) in [6, 6.07) is 4.01. The van der Waals surface area contributed by atoms with Gasteiger partial charge in [0.05, 0.1) is 17.9 Å². The fraction of sp³-hybridized carbons (Fsp3) is 0.444. The summed E-state index contributed by atoms with van der Waals surface area (Å²) in [5.74, 6) is -0.0984. The molecule has 4 heterocycles. The van der Waals surface area contributed by atoms with Crippen molar-refractivity contribution in [3.8, 4) is 0 Å². The van der Waals surface area contributed by atoms with E-state index in [0.29, 0.717) is 12.2 Å². The molecule has 1 atom stereocenters. The van der Waals surface area contributed by atoms with Crippen LogP contribution in [-0.4, -0.2) is 53.2 Å². The Morgan fingerprint density at radius 2 is 2.07 bits per heavy atom. The zero-order valence-electron chi connectivity index (χ0n) is 15.6. The fourth-order valence-corrected chi connectivity index (χ4v) is 3.65. The average Bonchev–Trinajstić information content (AvgIpc) is 3.36. The maximum Gasteiger partial charge on any atom is 0.269 e. The molecule has 0 radical (unpaired) electrons. The van der Waals surface area contributed by atoms with Crippen molar-refractivity contribution < 1.29 is 4.79 Å². The molecule has 142 valence electrons. The van der Waals surface area contributed by atoms with Crippen LogP contribution in [0.5, 0.6) is 0 Å². The number of amides is 1. The number of nitrogens with one attached hydrogen (secondary N) is 1. The van der Waals surface area contributed by atoms with Gasteiger partial charge in [-0.1, -0.05) is 0 Å². The van der Waals surface area contributed by atoms with Crippen LogP contribution in [0.15, 0.2) is 36.9 Å². The Kier molecular flexibility index (Phi) is 4.76. The maximum absolute atomic E-state index is 12.3. The molecule has 1 N–H and O–H groups in total. The lowest BCUT2D eigenvalue weighted by Crippen LogP contribution is -2.39. The van der Waals surface area contributed by atoms with Gasteiger partial charge in [0.2, 0.25) is 0 Å². The highest BCUT2D eigenvalue weighted by molar-refractivity contribution is 5.92. The third-order valence-electron chi connectivity index (χ3n) is 4.93. The predicted octanol–water partition coefficient (Wildman–Crippen LogP) is 0.727. The van der Waals surface area contributed by atoms with E-state index in [1.807, 2.05) is 24.1 Å². The number of hydrogen-bond donors (Lipinski definition) is 1. The molecule has 0 aromatic carbocycles. The second kappa shape index (κ2) is 7.36. The van der Waals surface area contributed by atoms with Gasteiger partial charge in [-0.25, -0.2) is 0 Å². The van der Waals surface area contributed by atoms with E-state index in [9.17, 15) is 4.79 Å². The van der Waals surface area contributed by atoms with Crippen LogP contribution in [0.3, 0.4) is 0 Å². The van der Waals surface area contributed by atoms with Crippen LogP contribution in [0.2, 0.25) is 0 Å². The minimum absolute atomic E-state index is 0.0984. The molecule has 3 aromatic heterocycles. The summed E-state index contributed by atoms with van der Waals surface area (Å²) in [5.41, 5.74) is 2.97. The fourth-order valence-electron chi connectivity index (χ4n) is 3.65. The van der Waals surface area contributed by atoms with E-state index >= 15 is 0 Å². The number of rotatable bonds is 6. The second-order valence-electron chi connectivity index (χ2n) is 7.00. The Bertz CT molecular complexity index is 923. The topological polar surface area (TPSA) is 85.8 Å². The van der Waals surface area contributed by atoms with Crippen LogP contribution in [0.25, 0.3) is 0 Å². The van der Waals surface area contributed by atoms with E-state index in [1.165, 1.54) is 11.3 Å². The molecule has 3 aromatic rings. The van der Waals surface area contributed by atoms with Crippen LogP contribution in [-0.2, 0) is 27.2 Å². The molecule has 0 aliphatic carbocycles. The Morgan fingerprint density at radius 1 is 1.22 bits per heavy atom. The Morgan fingerprint density at radius 3 is 2.81 bits per heavy atom. The predicted molar refractivity (Wildman–Crippen MR) is 98.7 cm³/mol. The van der Waals surface area contributed by atoms with Gasteiger partial charge >= 0.3 is 0 Å². The first-order chi connectivity index (χ1) is 13.1. The lowest BCUT2D eigenvalue weighted by molar-refractivity contribution is 0.0937. The molecule has 0 unspecified atom stereocenters. The number of carbonyl (C=O) groups excluding carboxylic acids is 1. The van der Waals surface area contributed by atoms with Gasteiger partial charge in [-0.05, 0) is 18.6 Å². The largest absolute Gasteiger partial charge is 0.351 e. The third kappa shape index (κ3) is 3.77. The summed E-state index contributed by atoms with van der Waals surface area (Å²) in [5, 5.41) is 15.8. The van der Waals surface area contributed by atoms with Gasteiger partial charge in [0.15, 0.2) is 0 Å². The van der Waals surface area contributed by atoms with E-state index in [0.717, 1.165) is 26.1 Å². The quantitative estimate of drug-likeness (QED) is 0.693. The van der Waals surface area contributed by atoms with E-state index in [4.69, 9.17) is 0 Å². The highest BCUT2D eigenvalue weighted by atomic mass is 16.2. The molecule has 0 saturated carbocycles. The molecule has 9 heteroatoms. The SMILES string of the molecule is Cn1cc(CN2Cc3ccnn3[C@@H](CCNC(=O)c3ccnn3C)C2)cn1. The Balaban J connectivity index is 1.38. The minimum Gasteiger partial charge on any atom is -0.351 e. The van der Waals surface area contributed by atoms with Gasteiger partial charge in [0.25, 0.3) is 5.91 Å². The molecule has 0 spiro atoms. The second-order valence-corrected chi connectivity index (χ2v) is 7.00. The molecule has 1 amide bonds. The lowest BCUT2D eigenvalue weighted by Gasteiger charge is -2.33. The Labute approximate surface area is 157 Å². The van der Waals surface area contributed by atoms with Gasteiger partial charge < -0.3 is 5.32 Å². The average molecular weight is 368 g/mol. The molecule has 1 aliphatic heterocycles. The van der Waals surface area contributed by atoms with E-state index in [-0.39, 0.29) is 11.9 Å². The summed E-state index contributed by atoms with van der Waals surface area (Å²) < 4.78 is 5.50. The number of aromatic nitrogens is 6. The van der Waals surface area contributed by atoms with Crippen molar-refractivity contribution >= 4 is 5.91 Å². The molecular formula is C18H24N8O. The van der Waals surface area contributed by atoms with Gasteiger partial charge in [-0.3, -0.25) is 23.7 Å². The molecule has 0 bridgehead atoms. The zero-order chi connectivity index (χ0) is 18.8. The van der Waals surface area contributed by atoms with E-state index < -0.39 is 0 Å². The van der Waals surface area contributed by atoms with Crippen molar-refractivity contribution in [2.45, 2.75) is 25.6 Å². The van der Waals surface area contributed by atoms with Crippen molar-refractivity contribution in [1.29, 1.82) is 0 Å². The summed E-state index contributed by atoms with van der Waals surface area (Å²) in [6.07, 6.45) is 8.26. The molecule has 1 aliphatic rings. The van der Waals surface area contributed by atoms with Crippen molar-refractivity contribution in [1.82, 2.24) is 39.6 Å². The molecule has 0 fully saturated rings. The summed E-state index contributed by atoms with van der Waals surface area (Å²) in [7, 11) is 3.70. The summed E-state index contributed by atoms with van der Waals surface area (Å²) in [6.45, 7) is 3.21. The monoisotopic (exact) mass is 368 g/mol. The van der Waals surface area contributed by atoms with Crippen LogP contribution >= 0.6 is 0 Å². The first-order valence-electron chi connectivity index (χ1n) is 9.08. The molecular weight excluding hydrogens is 344 g/mol. The molecule has 9 nitrogen and oxygen atoms in total. The number of nitrogens with zero attached hydrogens (tertiary/aromatic N) is 7. The van der Waals surface area contributed by atoms with Gasteiger partial charge in [0.1, 0.15) is 5.69 Å². The van der Waals surface area contributed by atoms with E-state index in [2.05, 4.69) is 42.5 Å². The molecule has 4 rings (SSSR count). The molecule has 27 heavy (non-hydrogen) atoms. The van der Waals surface area contributed by atoms with Crippen molar-refractivity contribution in [3.05, 3.63) is 53.9 Å². The summed E-state index contributed by atoms with van der Waals surface area (Å²) >= 11 is 0. The normalized spacial score (nSPS) is 17.0. The number of carbonyl (C=O) groups is 1.